The predicted molar refractivity (Wildman–Crippen MR) is 98.5 cm³/mol. The molecule has 0 aromatic carbocycles. The average Bonchev–Trinajstić information content (AvgIpc) is 3.01. The highest BCUT2D eigenvalue weighted by molar-refractivity contribution is 6.55. The Morgan fingerprint density at radius 1 is 1.38 bits per heavy atom. The Morgan fingerprint density at radius 3 is 2.88 bits per heavy atom. The fourth-order valence-electron chi connectivity index (χ4n) is 3.05. The number of ether oxygens (including phenoxy) is 1. The highest BCUT2D eigenvalue weighted by atomic mass is 28.3. The fourth-order valence-corrected chi connectivity index (χ4v) is 3.60. The van der Waals surface area contributed by atoms with Gasteiger partial charge in [-0.25, -0.2) is 4.98 Å². The van der Waals surface area contributed by atoms with Gasteiger partial charge in [0, 0.05) is 46.0 Å². The lowest BCUT2D eigenvalue weighted by atomic mass is 9.98. The van der Waals surface area contributed by atoms with Crippen molar-refractivity contribution in [1.82, 2.24) is 9.55 Å². The third-order valence-electron chi connectivity index (χ3n) is 4.61. The molecule has 5 nitrogen and oxygen atoms in total. The van der Waals surface area contributed by atoms with Gasteiger partial charge >= 0.3 is 0 Å². The zero-order chi connectivity index (χ0) is 16.9. The largest absolute Gasteiger partial charge is 0.370 e. The van der Waals surface area contributed by atoms with Crippen LogP contribution in [0.2, 0.25) is 19.1 Å². The highest BCUT2D eigenvalue weighted by Gasteiger charge is 2.19. The summed E-state index contributed by atoms with van der Waals surface area (Å²) in [4.78, 5) is 6.99. The number of nitriles is 1. The first-order valence-electron chi connectivity index (χ1n) is 8.63. The maximum Gasteiger partial charge on any atom is 0.141 e. The van der Waals surface area contributed by atoms with Gasteiger partial charge in [-0.1, -0.05) is 13.1 Å². The predicted octanol–water partition coefficient (Wildman–Crippen LogP) is 3.50. The van der Waals surface area contributed by atoms with E-state index in [0.717, 1.165) is 49.3 Å². The molecule has 0 saturated carbocycles. The molecule has 127 valence electrons. The van der Waals surface area contributed by atoms with Crippen LogP contribution in [-0.4, -0.2) is 38.0 Å². The minimum absolute atomic E-state index is 0.212. The van der Waals surface area contributed by atoms with Gasteiger partial charge in [-0.2, -0.15) is 5.26 Å². The lowest BCUT2D eigenvalue weighted by Gasteiger charge is -2.30. The molecule has 1 saturated heterocycles. The fraction of sp³-hybridized carbons (Fsp3) is 0.556. The summed E-state index contributed by atoms with van der Waals surface area (Å²) in [6, 6.07) is 7.87. The number of aromatic nitrogens is 2. The van der Waals surface area contributed by atoms with Crippen molar-refractivity contribution in [3.05, 3.63) is 24.5 Å². The molecule has 3 rings (SSSR count). The van der Waals surface area contributed by atoms with Gasteiger partial charge in [0.15, 0.2) is 0 Å². The molecule has 1 radical (unpaired) electrons. The van der Waals surface area contributed by atoms with Crippen LogP contribution in [0.4, 0.5) is 5.69 Å². The number of rotatable bonds is 6. The number of hydrogen-bond acceptors (Lipinski definition) is 4. The van der Waals surface area contributed by atoms with Crippen molar-refractivity contribution >= 4 is 25.5 Å². The Bertz CT molecular complexity index is 713. The Morgan fingerprint density at radius 2 is 2.17 bits per heavy atom. The molecule has 0 bridgehead atoms. The molecule has 0 unspecified atom stereocenters. The van der Waals surface area contributed by atoms with Gasteiger partial charge in [-0.15, -0.1) is 0 Å². The van der Waals surface area contributed by atoms with Crippen LogP contribution in [0.15, 0.2) is 24.5 Å². The van der Waals surface area contributed by atoms with Crippen LogP contribution in [0.5, 0.6) is 0 Å². The molecule has 0 atom stereocenters. The molecule has 0 amide bonds. The van der Waals surface area contributed by atoms with Crippen LogP contribution in [0.1, 0.15) is 12.8 Å². The minimum Gasteiger partial charge on any atom is -0.370 e. The molecule has 0 aliphatic carbocycles. The normalized spacial score (nSPS) is 16.0. The number of pyridine rings is 1. The Balaban J connectivity index is 1.64. The molecule has 0 spiro atoms. The lowest BCUT2D eigenvalue weighted by Crippen LogP contribution is -2.33. The van der Waals surface area contributed by atoms with Crippen LogP contribution >= 0.6 is 0 Å². The summed E-state index contributed by atoms with van der Waals surface area (Å²) in [7, 11) is -0.216. The number of anilines is 1. The lowest BCUT2D eigenvalue weighted by molar-refractivity contribution is 0.0902. The van der Waals surface area contributed by atoms with Crippen molar-refractivity contribution in [1.29, 1.82) is 5.26 Å². The molecular weight excluding hydrogens is 316 g/mol. The maximum absolute atomic E-state index is 9.02. The number of piperidine rings is 1. The molecule has 24 heavy (non-hydrogen) atoms. The third kappa shape index (κ3) is 3.97. The second kappa shape index (κ2) is 7.82. The van der Waals surface area contributed by atoms with Crippen molar-refractivity contribution in [2.45, 2.75) is 38.7 Å². The summed E-state index contributed by atoms with van der Waals surface area (Å²) in [6.07, 6.45) is 5.89. The van der Waals surface area contributed by atoms with Crippen molar-refractivity contribution in [3.8, 4) is 6.07 Å². The molecule has 0 N–H and O–H groups in total. The molecule has 1 aliphatic rings. The van der Waals surface area contributed by atoms with Gasteiger partial charge in [0.2, 0.25) is 0 Å². The first-order valence-corrected chi connectivity index (χ1v) is 11.3. The third-order valence-corrected chi connectivity index (χ3v) is 5.81. The summed E-state index contributed by atoms with van der Waals surface area (Å²) >= 11 is 0. The molecule has 2 aromatic rings. The Hall–Kier alpha value is -1.84. The van der Waals surface area contributed by atoms with Crippen molar-refractivity contribution in [2.24, 2.45) is 5.92 Å². The zero-order valence-electron chi connectivity index (χ0n) is 14.5. The first-order chi connectivity index (χ1) is 11.7. The molecule has 1 fully saturated rings. The van der Waals surface area contributed by atoms with Crippen molar-refractivity contribution < 1.29 is 4.74 Å². The summed E-state index contributed by atoms with van der Waals surface area (Å²) in [5.74, 6) is 0.212. The Kier molecular flexibility index (Phi) is 5.54. The van der Waals surface area contributed by atoms with Crippen LogP contribution in [0, 0.1) is 17.2 Å². The van der Waals surface area contributed by atoms with Crippen LogP contribution < -0.4 is 4.90 Å². The van der Waals surface area contributed by atoms with Gasteiger partial charge in [0.1, 0.15) is 12.4 Å². The van der Waals surface area contributed by atoms with E-state index in [1.807, 2.05) is 12.4 Å². The van der Waals surface area contributed by atoms with Gasteiger partial charge in [0.05, 0.1) is 18.0 Å². The van der Waals surface area contributed by atoms with E-state index in [0.29, 0.717) is 6.73 Å². The van der Waals surface area contributed by atoms with E-state index in [-0.39, 0.29) is 14.7 Å². The first kappa shape index (κ1) is 17.0. The second-order valence-corrected chi connectivity index (χ2v) is 9.69. The minimum atomic E-state index is -0.216. The zero-order valence-corrected chi connectivity index (χ0v) is 15.5. The standard InChI is InChI=1S/C18H25N4OSi/c1-24(2)10-9-23-14-22-8-5-16-11-17(13-20-18(16)22)21-6-3-15(12-19)4-7-21/h5,8,11,13,15H,3-4,6-7,9-10,14H2,1-2H3. The van der Waals surface area contributed by atoms with E-state index in [1.54, 1.807) is 0 Å². The summed E-state index contributed by atoms with van der Waals surface area (Å²) in [5.41, 5.74) is 2.13. The quantitative estimate of drug-likeness (QED) is 0.596. The number of fused-ring (bicyclic) bond motifs is 1. The van der Waals surface area contributed by atoms with Crippen molar-refractivity contribution in [2.75, 3.05) is 24.6 Å². The summed E-state index contributed by atoms with van der Waals surface area (Å²) in [6.45, 7) is 7.88. The highest BCUT2D eigenvalue weighted by Crippen LogP contribution is 2.25. The second-order valence-electron chi connectivity index (χ2n) is 6.78. The van der Waals surface area contributed by atoms with E-state index in [9.17, 15) is 0 Å². The summed E-state index contributed by atoms with van der Waals surface area (Å²) in [5, 5.41) is 10.2. The van der Waals surface area contributed by atoms with Crippen LogP contribution in [-0.2, 0) is 11.5 Å². The van der Waals surface area contributed by atoms with Crippen molar-refractivity contribution in [3.63, 3.8) is 0 Å². The smallest absolute Gasteiger partial charge is 0.141 e. The summed E-state index contributed by atoms with van der Waals surface area (Å²) < 4.78 is 7.84. The molecular formula is C18H25N4OSi. The van der Waals surface area contributed by atoms with E-state index < -0.39 is 0 Å². The van der Waals surface area contributed by atoms with Crippen LogP contribution in [0.25, 0.3) is 11.0 Å². The number of hydrogen-bond donors (Lipinski definition) is 0. The molecule has 1 aliphatic heterocycles. The maximum atomic E-state index is 9.02. The Labute approximate surface area is 145 Å². The van der Waals surface area contributed by atoms with Gasteiger partial charge in [0.25, 0.3) is 0 Å². The van der Waals surface area contributed by atoms with E-state index in [1.165, 1.54) is 6.04 Å². The number of nitrogens with zero attached hydrogens (tertiary/aromatic N) is 4. The van der Waals surface area contributed by atoms with Gasteiger partial charge in [-0.3, -0.25) is 0 Å². The van der Waals surface area contributed by atoms with E-state index in [4.69, 9.17) is 10.00 Å². The molecule has 6 heteroatoms. The van der Waals surface area contributed by atoms with Gasteiger partial charge in [-0.05, 0) is 31.0 Å². The van der Waals surface area contributed by atoms with E-state index in [2.05, 4.69) is 45.7 Å². The molecule has 3 heterocycles. The average molecular weight is 342 g/mol. The topological polar surface area (TPSA) is 54.1 Å². The SMILES string of the molecule is C[Si](C)CCOCn1ccc2cc(N3CCC(C#N)CC3)cnc21. The van der Waals surface area contributed by atoms with E-state index >= 15 is 0 Å². The van der Waals surface area contributed by atoms with Crippen LogP contribution in [0.3, 0.4) is 0 Å². The van der Waals surface area contributed by atoms with Gasteiger partial charge < -0.3 is 14.2 Å². The molecule has 2 aromatic heterocycles. The monoisotopic (exact) mass is 341 g/mol.